The van der Waals surface area contributed by atoms with E-state index in [1.165, 1.54) is 5.56 Å². The number of nitrogens with one attached hydrogen (secondary N) is 1. The van der Waals surface area contributed by atoms with Crippen molar-refractivity contribution in [1.82, 2.24) is 10.3 Å². The summed E-state index contributed by atoms with van der Waals surface area (Å²) >= 11 is 7.10. The summed E-state index contributed by atoms with van der Waals surface area (Å²) in [7, 11) is 0. The second-order valence-electron chi connectivity index (χ2n) is 4.17. The molecule has 0 aliphatic rings. The fraction of sp³-hybridized carbons (Fsp3) is 0.286. The van der Waals surface area contributed by atoms with Gasteiger partial charge >= 0.3 is 0 Å². The first-order valence-corrected chi connectivity index (χ1v) is 7.45. The minimum atomic E-state index is -0.0413. The van der Waals surface area contributed by atoms with E-state index in [0.717, 1.165) is 16.3 Å². The number of benzene rings is 1. The number of carbonyl (C=O) groups excluding carboxylic acids is 1. The van der Waals surface area contributed by atoms with Crippen LogP contribution < -0.4 is 5.32 Å². The van der Waals surface area contributed by atoms with E-state index in [-0.39, 0.29) is 5.91 Å². The number of halogens is 1. The van der Waals surface area contributed by atoms with Gasteiger partial charge in [-0.25, -0.2) is 4.98 Å². The SMILES string of the molecule is Cc1ccccc1-c1nc(CNC(=O)CCCl)cs1. The highest BCUT2D eigenvalue weighted by Crippen LogP contribution is 2.26. The Labute approximate surface area is 121 Å². The van der Waals surface area contributed by atoms with Crippen molar-refractivity contribution in [2.45, 2.75) is 19.9 Å². The zero-order valence-corrected chi connectivity index (χ0v) is 12.2. The molecule has 2 aromatic rings. The Balaban J connectivity index is 2.04. The minimum absolute atomic E-state index is 0.0413. The van der Waals surface area contributed by atoms with E-state index in [4.69, 9.17) is 11.6 Å². The number of rotatable bonds is 5. The zero-order valence-electron chi connectivity index (χ0n) is 10.6. The Morgan fingerprint density at radius 1 is 1.42 bits per heavy atom. The molecule has 3 nitrogen and oxygen atoms in total. The quantitative estimate of drug-likeness (QED) is 0.859. The van der Waals surface area contributed by atoms with E-state index in [1.54, 1.807) is 11.3 Å². The Morgan fingerprint density at radius 2 is 2.21 bits per heavy atom. The molecule has 100 valence electrons. The first-order valence-electron chi connectivity index (χ1n) is 6.04. The van der Waals surface area contributed by atoms with Crippen LogP contribution in [0.25, 0.3) is 10.6 Å². The number of thiazole rings is 1. The maximum absolute atomic E-state index is 11.3. The molecule has 1 heterocycles. The van der Waals surface area contributed by atoms with E-state index >= 15 is 0 Å². The summed E-state index contributed by atoms with van der Waals surface area (Å²) in [4.78, 5) is 15.9. The third-order valence-corrected chi connectivity index (χ3v) is 3.83. The standard InChI is InChI=1S/C14H15ClN2OS/c1-10-4-2-3-5-12(10)14-17-11(9-19-14)8-16-13(18)6-7-15/h2-5,9H,6-8H2,1H3,(H,16,18). The Morgan fingerprint density at radius 3 is 2.95 bits per heavy atom. The lowest BCUT2D eigenvalue weighted by atomic mass is 10.1. The molecule has 1 amide bonds. The molecule has 0 spiro atoms. The van der Waals surface area contributed by atoms with Crippen LogP contribution in [0.4, 0.5) is 0 Å². The van der Waals surface area contributed by atoms with Gasteiger partial charge in [-0.2, -0.15) is 0 Å². The van der Waals surface area contributed by atoms with Crippen molar-refractivity contribution in [3.63, 3.8) is 0 Å². The maximum atomic E-state index is 11.3. The van der Waals surface area contributed by atoms with Crippen LogP contribution >= 0.6 is 22.9 Å². The average Bonchev–Trinajstić information content (AvgIpc) is 2.86. The number of aryl methyl sites for hydroxylation is 1. The summed E-state index contributed by atoms with van der Waals surface area (Å²) in [6, 6.07) is 8.15. The highest BCUT2D eigenvalue weighted by atomic mass is 35.5. The number of alkyl halides is 1. The Hall–Kier alpha value is -1.39. The first-order chi connectivity index (χ1) is 9.20. The highest BCUT2D eigenvalue weighted by Gasteiger charge is 2.07. The van der Waals surface area contributed by atoms with Crippen LogP contribution in [0.2, 0.25) is 0 Å². The van der Waals surface area contributed by atoms with Crippen LogP contribution in [-0.2, 0) is 11.3 Å². The molecule has 0 saturated carbocycles. The fourth-order valence-electron chi connectivity index (χ4n) is 1.69. The topological polar surface area (TPSA) is 42.0 Å². The van der Waals surface area contributed by atoms with Crippen molar-refractivity contribution in [2.24, 2.45) is 0 Å². The molecule has 0 unspecified atom stereocenters. The second kappa shape index (κ2) is 6.68. The number of hydrogen-bond acceptors (Lipinski definition) is 3. The van der Waals surface area contributed by atoms with Gasteiger partial charge in [0.15, 0.2) is 0 Å². The molecule has 5 heteroatoms. The van der Waals surface area contributed by atoms with Gasteiger partial charge in [0.2, 0.25) is 5.91 Å². The molecule has 0 fully saturated rings. The lowest BCUT2D eigenvalue weighted by Gasteiger charge is -2.02. The van der Waals surface area contributed by atoms with Gasteiger partial charge < -0.3 is 5.32 Å². The molecule has 0 aliphatic heterocycles. The van der Waals surface area contributed by atoms with Crippen LogP contribution in [0.1, 0.15) is 17.7 Å². The molecule has 1 aromatic carbocycles. The molecule has 0 saturated heterocycles. The normalized spacial score (nSPS) is 10.4. The molecular formula is C14H15ClN2OS. The van der Waals surface area contributed by atoms with Crippen LogP contribution in [0.5, 0.6) is 0 Å². The van der Waals surface area contributed by atoms with Gasteiger partial charge in [-0.15, -0.1) is 22.9 Å². The monoisotopic (exact) mass is 294 g/mol. The predicted molar refractivity (Wildman–Crippen MR) is 79.5 cm³/mol. The fourth-order valence-corrected chi connectivity index (χ4v) is 2.77. The molecule has 0 radical (unpaired) electrons. The summed E-state index contributed by atoms with van der Waals surface area (Å²) < 4.78 is 0. The average molecular weight is 295 g/mol. The van der Waals surface area contributed by atoms with Crippen molar-refractivity contribution < 1.29 is 4.79 Å². The molecular weight excluding hydrogens is 280 g/mol. The second-order valence-corrected chi connectivity index (χ2v) is 5.41. The van der Waals surface area contributed by atoms with Crippen LogP contribution in [-0.4, -0.2) is 16.8 Å². The largest absolute Gasteiger partial charge is 0.350 e. The van der Waals surface area contributed by atoms with Crippen molar-refractivity contribution in [1.29, 1.82) is 0 Å². The molecule has 1 aromatic heterocycles. The van der Waals surface area contributed by atoms with E-state index in [2.05, 4.69) is 29.4 Å². The molecule has 1 N–H and O–H groups in total. The molecule has 2 rings (SSSR count). The lowest BCUT2D eigenvalue weighted by Crippen LogP contribution is -2.22. The third-order valence-electron chi connectivity index (χ3n) is 2.72. The van der Waals surface area contributed by atoms with Crippen molar-refractivity contribution in [2.75, 3.05) is 5.88 Å². The summed E-state index contributed by atoms with van der Waals surface area (Å²) in [6.07, 6.45) is 0.344. The van der Waals surface area contributed by atoms with Gasteiger partial charge in [-0.05, 0) is 12.5 Å². The smallest absolute Gasteiger partial charge is 0.221 e. The van der Waals surface area contributed by atoms with Crippen LogP contribution in [0, 0.1) is 6.92 Å². The number of nitrogens with zero attached hydrogens (tertiary/aromatic N) is 1. The zero-order chi connectivity index (χ0) is 13.7. The Kier molecular flexibility index (Phi) is 4.93. The number of carbonyl (C=O) groups is 1. The van der Waals surface area contributed by atoms with Crippen LogP contribution in [0.15, 0.2) is 29.6 Å². The molecule has 0 aliphatic carbocycles. The predicted octanol–water partition coefficient (Wildman–Crippen LogP) is 3.36. The van der Waals surface area contributed by atoms with E-state index in [0.29, 0.717) is 18.8 Å². The summed E-state index contributed by atoms with van der Waals surface area (Å²) in [5, 5.41) is 5.76. The number of amides is 1. The number of hydrogen-bond donors (Lipinski definition) is 1. The van der Waals surface area contributed by atoms with Gasteiger partial charge in [0.25, 0.3) is 0 Å². The van der Waals surface area contributed by atoms with Crippen molar-refractivity contribution in [3.8, 4) is 10.6 Å². The molecule has 19 heavy (non-hydrogen) atoms. The lowest BCUT2D eigenvalue weighted by molar-refractivity contribution is -0.120. The van der Waals surface area contributed by atoms with Crippen LogP contribution in [0.3, 0.4) is 0 Å². The maximum Gasteiger partial charge on any atom is 0.221 e. The third kappa shape index (κ3) is 3.78. The molecule has 0 bridgehead atoms. The van der Waals surface area contributed by atoms with Crippen molar-refractivity contribution in [3.05, 3.63) is 40.9 Å². The van der Waals surface area contributed by atoms with E-state index in [9.17, 15) is 4.79 Å². The summed E-state index contributed by atoms with van der Waals surface area (Å²) in [6.45, 7) is 2.52. The number of aromatic nitrogens is 1. The summed E-state index contributed by atoms with van der Waals surface area (Å²) in [5.74, 6) is 0.303. The highest BCUT2D eigenvalue weighted by molar-refractivity contribution is 7.13. The van der Waals surface area contributed by atoms with Gasteiger partial charge in [-0.1, -0.05) is 24.3 Å². The van der Waals surface area contributed by atoms with Gasteiger partial charge in [0, 0.05) is 23.2 Å². The summed E-state index contributed by atoms with van der Waals surface area (Å²) in [5.41, 5.74) is 3.23. The minimum Gasteiger partial charge on any atom is -0.350 e. The first kappa shape index (κ1) is 14.0. The Bertz CT molecular complexity index is 568. The van der Waals surface area contributed by atoms with Gasteiger partial charge in [0.1, 0.15) is 5.01 Å². The van der Waals surface area contributed by atoms with E-state index in [1.807, 2.05) is 17.5 Å². The van der Waals surface area contributed by atoms with E-state index < -0.39 is 0 Å². The van der Waals surface area contributed by atoms with Gasteiger partial charge in [0.05, 0.1) is 12.2 Å². The molecule has 0 atom stereocenters. The van der Waals surface area contributed by atoms with Crippen molar-refractivity contribution >= 4 is 28.8 Å². The van der Waals surface area contributed by atoms with Gasteiger partial charge in [-0.3, -0.25) is 4.79 Å².